The number of imide groups is 1. The average molecular weight is 375 g/mol. The molecule has 2 heterocycles. The third-order valence-electron chi connectivity index (χ3n) is 4.48. The van der Waals surface area contributed by atoms with Crippen LogP contribution in [0.5, 0.6) is 0 Å². The van der Waals surface area contributed by atoms with Gasteiger partial charge in [-0.1, -0.05) is 60.7 Å². The Kier molecular flexibility index (Phi) is 4.33. The number of benzene rings is 2. The maximum Gasteiger partial charge on any atom is 0.346 e. The molecular weight excluding hydrogens is 358 g/mol. The van der Waals surface area contributed by atoms with Crippen LogP contribution in [0.25, 0.3) is 0 Å². The second kappa shape index (κ2) is 6.81. The fraction of sp³-hybridized carbons (Fsp3) is 0.0952. The van der Waals surface area contributed by atoms with Crippen LogP contribution in [0.15, 0.2) is 77.9 Å². The summed E-state index contributed by atoms with van der Waals surface area (Å²) in [5.41, 5.74) is 0.0981. The number of carbonyl (C=O) groups is 2. The van der Waals surface area contributed by atoms with Crippen molar-refractivity contribution in [2.75, 3.05) is 0 Å². The Labute approximate surface area is 161 Å². The van der Waals surface area contributed by atoms with Crippen molar-refractivity contribution in [1.29, 1.82) is 0 Å². The number of thiophene rings is 1. The smallest absolute Gasteiger partial charge is 0.314 e. The Morgan fingerprint density at radius 3 is 2.04 bits per heavy atom. The van der Waals surface area contributed by atoms with Crippen molar-refractivity contribution < 1.29 is 9.59 Å². The van der Waals surface area contributed by atoms with Gasteiger partial charge in [0.05, 0.1) is 6.21 Å². The highest BCUT2D eigenvalue weighted by atomic mass is 32.1. The standard InChI is InChI=1S/C21H17N3O2S/c1-15-12-13-18(27-15)14-22-24-19(25)21(23-20(24)26,16-8-4-2-5-9-16)17-10-6-3-7-11-17/h2-14H,1H3,(H,23,26)/b22-14-. The first-order chi connectivity index (χ1) is 13.1. The summed E-state index contributed by atoms with van der Waals surface area (Å²) in [5.74, 6) is -0.422. The molecule has 1 N–H and O–H groups in total. The van der Waals surface area contributed by atoms with Gasteiger partial charge in [-0.15, -0.1) is 16.3 Å². The molecule has 0 spiro atoms. The number of hydrogen-bond donors (Lipinski definition) is 1. The minimum atomic E-state index is -1.29. The topological polar surface area (TPSA) is 61.8 Å². The molecule has 0 atom stereocenters. The predicted molar refractivity (Wildman–Crippen MR) is 106 cm³/mol. The molecule has 6 heteroatoms. The van der Waals surface area contributed by atoms with Crippen LogP contribution in [0.1, 0.15) is 20.9 Å². The van der Waals surface area contributed by atoms with Crippen molar-refractivity contribution in [1.82, 2.24) is 10.3 Å². The monoisotopic (exact) mass is 375 g/mol. The first-order valence-corrected chi connectivity index (χ1v) is 9.31. The first kappa shape index (κ1) is 17.2. The molecule has 0 radical (unpaired) electrons. The van der Waals surface area contributed by atoms with Crippen LogP contribution in [0.3, 0.4) is 0 Å². The van der Waals surface area contributed by atoms with Crippen molar-refractivity contribution in [3.63, 3.8) is 0 Å². The molecule has 0 saturated carbocycles. The lowest BCUT2D eigenvalue weighted by Crippen LogP contribution is -2.44. The van der Waals surface area contributed by atoms with Gasteiger partial charge in [-0.05, 0) is 30.2 Å². The van der Waals surface area contributed by atoms with E-state index in [2.05, 4.69) is 10.4 Å². The minimum Gasteiger partial charge on any atom is -0.314 e. The Morgan fingerprint density at radius 2 is 1.52 bits per heavy atom. The van der Waals surface area contributed by atoms with E-state index >= 15 is 0 Å². The summed E-state index contributed by atoms with van der Waals surface area (Å²) in [6.07, 6.45) is 1.54. The summed E-state index contributed by atoms with van der Waals surface area (Å²) in [4.78, 5) is 28.1. The Hall–Kier alpha value is -3.25. The summed E-state index contributed by atoms with van der Waals surface area (Å²) < 4.78 is 0. The molecule has 3 amide bonds. The second-order valence-corrected chi connectivity index (χ2v) is 7.54. The molecule has 5 nitrogen and oxygen atoms in total. The number of aryl methyl sites for hydroxylation is 1. The molecule has 0 bridgehead atoms. The SMILES string of the molecule is Cc1ccc(/C=N\N2C(=O)NC(c3ccccc3)(c3ccccc3)C2=O)s1. The van der Waals surface area contributed by atoms with Gasteiger partial charge in [0.25, 0.3) is 5.91 Å². The number of urea groups is 1. The van der Waals surface area contributed by atoms with Gasteiger partial charge >= 0.3 is 6.03 Å². The second-order valence-electron chi connectivity index (χ2n) is 6.22. The van der Waals surface area contributed by atoms with E-state index in [-0.39, 0.29) is 0 Å². The van der Waals surface area contributed by atoms with E-state index in [0.29, 0.717) is 11.1 Å². The average Bonchev–Trinajstić information content (AvgIpc) is 3.23. The van der Waals surface area contributed by atoms with Crippen LogP contribution in [-0.4, -0.2) is 23.2 Å². The van der Waals surface area contributed by atoms with Gasteiger partial charge in [-0.2, -0.15) is 5.10 Å². The number of hydrazone groups is 1. The van der Waals surface area contributed by atoms with Gasteiger partial charge < -0.3 is 5.32 Å². The van der Waals surface area contributed by atoms with Crippen LogP contribution < -0.4 is 5.32 Å². The van der Waals surface area contributed by atoms with Crippen LogP contribution in [0, 0.1) is 6.92 Å². The molecule has 1 fully saturated rings. The number of nitrogens with one attached hydrogen (secondary N) is 1. The third-order valence-corrected chi connectivity index (χ3v) is 5.41. The van der Waals surface area contributed by atoms with E-state index in [1.54, 1.807) is 17.6 Å². The number of rotatable bonds is 4. The molecule has 134 valence electrons. The Morgan fingerprint density at radius 1 is 0.926 bits per heavy atom. The Balaban J connectivity index is 1.78. The molecule has 1 saturated heterocycles. The van der Waals surface area contributed by atoms with E-state index in [1.807, 2.05) is 79.7 Å². The first-order valence-electron chi connectivity index (χ1n) is 8.49. The minimum absolute atomic E-state index is 0.422. The van der Waals surface area contributed by atoms with E-state index in [4.69, 9.17) is 0 Å². The van der Waals surface area contributed by atoms with Crippen molar-refractivity contribution in [3.05, 3.63) is 93.7 Å². The number of nitrogens with zero attached hydrogens (tertiary/aromatic N) is 2. The van der Waals surface area contributed by atoms with Crippen molar-refractivity contribution >= 4 is 29.5 Å². The highest BCUT2D eigenvalue weighted by Gasteiger charge is 2.54. The number of amides is 3. The largest absolute Gasteiger partial charge is 0.346 e. The van der Waals surface area contributed by atoms with E-state index in [0.717, 1.165) is 14.8 Å². The van der Waals surface area contributed by atoms with Gasteiger partial charge in [0, 0.05) is 9.75 Å². The fourth-order valence-corrected chi connectivity index (χ4v) is 3.94. The van der Waals surface area contributed by atoms with Crippen molar-refractivity contribution in [2.24, 2.45) is 5.10 Å². The quantitative estimate of drug-likeness (QED) is 0.556. The summed E-state index contributed by atoms with van der Waals surface area (Å²) in [6.45, 7) is 1.99. The summed E-state index contributed by atoms with van der Waals surface area (Å²) in [7, 11) is 0. The van der Waals surface area contributed by atoms with Crippen molar-refractivity contribution in [2.45, 2.75) is 12.5 Å². The van der Waals surface area contributed by atoms with Crippen LogP contribution in [0.2, 0.25) is 0 Å². The van der Waals surface area contributed by atoms with Crippen LogP contribution in [-0.2, 0) is 10.3 Å². The molecular formula is C21H17N3O2S. The maximum atomic E-state index is 13.4. The van der Waals surface area contributed by atoms with Crippen LogP contribution >= 0.6 is 11.3 Å². The Bertz CT molecular complexity index is 973. The van der Waals surface area contributed by atoms with Gasteiger partial charge in [0.1, 0.15) is 0 Å². The summed E-state index contributed by atoms with van der Waals surface area (Å²) in [6, 6.07) is 21.8. The zero-order valence-corrected chi connectivity index (χ0v) is 15.4. The molecule has 1 aromatic heterocycles. The third kappa shape index (κ3) is 2.94. The van der Waals surface area contributed by atoms with Gasteiger partial charge in [-0.3, -0.25) is 4.79 Å². The number of hydrogen-bond acceptors (Lipinski definition) is 4. The predicted octanol–water partition coefficient (Wildman–Crippen LogP) is 3.89. The van der Waals surface area contributed by atoms with Gasteiger partial charge in [0.15, 0.2) is 5.54 Å². The molecule has 0 unspecified atom stereocenters. The lowest BCUT2D eigenvalue weighted by atomic mass is 9.83. The van der Waals surface area contributed by atoms with Crippen molar-refractivity contribution in [3.8, 4) is 0 Å². The summed E-state index contributed by atoms with van der Waals surface area (Å²) >= 11 is 1.55. The molecule has 1 aliphatic rings. The van der Waals surface area contributed by atoms with Gasteiger partial charge in [-0.25, -0.2) is 4.79 Å². The van der Waals surface area contributed by atoms with E-state index in [1.165, 1.54) is 0 Å². The van der Waals surface area contributed by atoms with E-state index < -0.39 is 17.5 Å². The van der Waals surface area contributed by atoms with Gasteiger partial charge in [0.2, 0.25) is 0 Å². The highest BCUT2D eigenvalue weighted by molar-refractivity contribution is 7.13. The van der Waals surface area contributed by atoms with E-state index in [9.17, 15) is 9.59 Å². The molecule has 0 aliphatic carbocycles. The normalized spacial score (nSPS) is 16.1. The molecule has 1 aliphatic heterocycles. The molecule has 2 aromatic carbocycles. The fourth-order valence-electron chi connectivity index (χ4n) is 3.19. The summed E-state index contributed by atoms with van der Waals surface area (Å²) in [5, 5.41) is 7.95. The number of carbonyl (C=O) groups excluding carboxylic acids is 2. The molecule has 3 aromatic rings. The van der Waals surface area contributed by atoms with Crippen LogP contribution in [0.4, 0.5) is 4.79 Å². The zero-order valence-electron chi connectivity index (χ0n) is 14.6. The maximum absolute atomic E-state index is 13.4. The lowest BCUT2D eigenvalue weighted by Gasteiger charge is -2.27. The molecule has 4 rings (SSSR count). The zero-order chi connectivity index (χ0) is 18.9. The molecule has 27 heavy (non-hydrogen) atoms. The lowest BCUT2D eigenvalue weighted by molar-refractivity contribution is -0.130. The highest BCUT2D eigenvalue weighted by Crippen LogP contribution is 2.36.